The van der Waals surface area contributed by atoms with E-state index in [1.165, 1.54) is 0 Å². The number of morpholine rings is 1. The number of hydrogen-bond donors (Lipinski definition) is 1. The maximum Gasteiger partial charge on any atom is 0.234 e. The Hall–Kier alpha value is -1.59. The summed E-state index contributed by atoms with van der Waals surface area (Å²) in [6.07, 6.45) is 0.190. The molecule has 0 radical (unpaired) electrons. The highest BCUT2D eigenvalue weighted by Crippen LogP contribution is 2.12. The van der Waals surface area contributed by atoms with Crippen LogP contribution in [0.1, 0.15) is 19.4 Å². The highest BCUT2D eigenvalue weighted by atomic mass is 16.5. The molecule has 2 unspecified atom stereocenters. The third kappa shape index (κ3) is 4.72. The number of ether oxygens (including phenoxy) is 2. The Morgan fingerprint density at radius 2 is 2.10 bits per heavy atom. The van der Waals surface area contributed by atoms with Gasteiger partial charge in [-0.25, -0.2) is 0 Å². The molecule has 1 aliphatic heterocycles. The Bertz CT molecular complexity index is 461. The van der Waals surface area contributed by atoms with E-state index in [-0.39, 0.29) is 18.1 Å². The van der Waals surface area contributed by atoms with Crippen LogP contribution in [0.5, 0.6) is 5.75 Å². The highest BCUT2D eigenvalue weighted by Gasteiger charge is 2.24. The molecule has 0 aromatic heterocycles. The minimum Gasteiger partial charge on any atom is -0.497 e. The van der Waals surface area contributed by atoms with Crippen molar-refractivity contribution >= 4 is 5.91 Å². The van der Waals surface area contributed by atoms with Crippen molar-refractivity contribution < 1.29 is 14.3 Å². The predicted molar refractivity (Wildman–Crippen MR) is 81.3 cm³/mol. The molecule has 21 heavy (non-hydrogen) atoms. The minimum atomic E-state index is 0.0479. The van der Waals surface area contributed by atoms with E-state index < -0.39 is 0 Å². The first-order chi connectivity index (χ1) is 10.1. The van der Waals surface area contributed by atoms with E-state index in [0.717, 1.165) is 17.9 Å². The van der Waals surface area contributed by atoms with Crippen molar-refractivity contribution in [3.8, 4) is 5.75 Å². The number of carbonyl (C=O) groups is 1. The second-order valence-corrected chi connectivity index (χ2v) is 5.55. The SMILES string of the molecule is COc1ccc(CNC(=O)CN2CC(C)OCC2C)cc1. The fraction of sp³-hybridized carbons (Fsp3) is 0.562. The van der Waals surface area contributed by atoms with Crippen molar-refractivity contribution in [2.24, 2.45) is 0 Å². The fourth-order valence-electron chi connectivity index (χ4n) is 2.38. The molecule has 2 atom stereocenters. The average Bonchev–Trinajstić information content (AvgIpc) is 2.49. The topological polar surface area (TPSA) is 50.8 Å². The molecule has 2 rings (SSSR count). The lowest BCUT2D eigenvalue weighted by Crippen LogP contribution is -2.50. The molecule has 1 N–H and O–H groups in total. The lowest BCUT2D eigenvalue weighted by atomic mass is 10.2. The van der Waals surface area contributed by atoms with Gasteiger partial charge in [0.05, 0.1) is 26.4 Å². The summed E-state index contributed by atoms with van der Waals surface area (Å²) in [5, 5.41) is 2.96. The van der Waals surface area contributed by atoms with Crippen LogP contribution in [-0.2, 0) is 16.1 Å². The van der Waals surface area contributed by atoms with Gasteiger partial charge < -0.3 is 14.8 Å². The molecule has 0 aliphatic carbocycles. The largest absolute Gasteiger partial charge is 0.497 e. The molecule has 5 heteroatoms. The second-order valence-electron chi connectivity index (χ2n) is 5.55. The van der Waals surface area contributed by atoms with Crippen LogP contribution in [-0.4, -0.2) is 49.8 Å². The van der Waals surface area contributed by atoms with E-state index in [4.69, 9.17) is 9.47 Å². The molecule has 1 aliphatic rings. The van der Waals surface area contributed by atoms with Gasteiger partial charge in [0.25, 0.3) is 0 Å². The van der Waals surface area contributed by atoms with Gasteiger partial charge in [-0.3, -0.25) is 9.69 Å². The van der Waals surface area contributed by atoms with Crippen LogP contribution in [0.4, 0.5) is 0 Å². The van der Waals surface area contributed by atoms with Crippen LogP contribution < -0.4 is 10.1 Å². The monoisotopic (exact) mass is 292 g/mol. The van der Waals surface area contributed by atoms with Gasteiger partial charge in [0.1, 0.15) is 5.75 Å². The summed E-state index contributed by atoms with van der Waals surface area (Å²) >= 11 is 0. The first-order valence-electron chi connectivity index (χ1n) is 7.33. The summed E-state index contributed by atoms with van der Waals surface area (Å²) in [6, 6.07) is 7.99. The maximum atomic E-state index is 12.0. The van der Waals surface area contributed by atoms with Crippen LogP contribution >= 0.6 is 0 Å². The van der Waals surface area contributed by atoms with Crippen LogP contribution in [0.2, 0.25) is 0 Å². The lowest BCUT2D eigenvalue weighted by Gasteiger charge is -2.36. The van der Waals surface area contributed by atoms with E-state index in [2.05, 4.69) is 17.1 Å². The quantitative estimate of drug-likeness (QED) is 0.892. The highest BCUT2D eigenvalue weighted by molar-refractivity contribution is 5.78. The summed E-state index contributed by atoms with van der Waals surface area (Å²) in [5.41, 5.74) is 1.06. The fourth-order valence-corrected chi connectivity index (χ4v) is 2.38. The minimum absolute atomic E-state index is 0.0479. The van der Waals surface area contributed by atoms with Crippen LogP contribution in [0.15, 0.2) is 24.3 Å². The van der Waals surface area contributed by atoms with E-state index in [0.29, 0.717) is 19.7 Å². The Morgan fingerprint density at radius 3 is 2.76 bits per heavy atom. The third-order valence-electron chi connectivity index (χ3n) is 3.73. The first-order valence-corrected chi connectivity index (χ1v) is 7.33. The zero-order chi connectivity index (χ0) is 15.2. The van der Waals surface area contributed by atoms with Gasteiger partial charge in [-0.1, -0.05) is 12.1 Å². The summed E-state index contributed by atoms with van der Waals surface area (Å²) in [6.45, 7) is 6.57. The van der Waals surface area contributed by atoms with Crippen molar-refractivity contribution in [2.75, 3.05) is 26.8 Å². The van der Waals surface area contributed by atoms with Gasteiger partial charge in [0.15, 0.2) is 0 Å². The van der Waals surface area contributed by atoms with Gasteiger partial charge >= 0.3 is 0 Å². The molecule has 5 nitrogen and oxygen atoms in total. The van der Waals surface area contributed by atoms with Gasteiger partial charge in [0, 0.05) is 19.1 Å². The van der Waals surface area contributed by atoms with E-state index in [1.54, 1.807) is 7.11 Å². The zero-order valence-corrected chi connectivity index (χ0v) is 13.0. The molecular formula is C16H24N2O3. The molecular weight excluding hydrogens is 268 g/mol. The van der Waals surface area contributed by atoms with Crippen LogP contribution in [0, 0.1) is 0 Å². The number of benzene rings is 1. The molecule has 1 heterocycles. The van der Waals surface area contributed by atoms with Crippen molar-refractivity contribution in [1.29, 1.82) is 0 Å². The lowest BCUT2D eigenvalue weighted by molar-refractivity contribution is -0.126. The normalized spacial score (nSPS) is 22.8. The average molecular weight is 292 g/mol. The van der Waals surface area contributed by atoms with Crippen molar-refractivity contribution in [3.05, 3.63) is 29.8 Å². The van der Waals surface area contributed by atoms with Gasteiger partial charge in [0.2, 0.25) is 5.91 Å². The summed E-state index contributed by atoms with van der Waals surface area (Å²) in [7, 11) is 1.64. The predicted octanol–water partition coefficient (Wildman–Crippen LogP) is 1.42. The Balaban J connectivity index is 1.78. The maximum absolute atomic E-state index is 12.0. The van der Waals surface area contributed by atoms with E-state index >= 15 is 0 Å². The van der Waals surface area contributed by atoms with E-state index in [1.807, 2.05) is 31.2 Å². The van der Waals surface area contributed by atoms with Gasteiger partial charge in [-0.05, 0) is 31.5 Å². The summed E-state index contributed by atoms with van der Waals surface area (Å²) < 4.78 is 10.7. The Labute approximate surface area is 126 Å². The summed E-state index contributed by atoms with van der Waals surface area (Å²) in [4.78, 5) is 14.2. The molecule has 116 valence electrons. The number of nitrogens with one attached hydrogen (secondary N) is 1. The first kappa shape index (κ1) is 15.8. The van der Waals surface area contributed by atoms with Gasteiger partial charge in [-0.15, -0.1) is 0 Å². The Morgan fingerprint density at radius 1 is 1.38 bits per heavy atom. The molecule has 1 aromatic rings. The van der Waals surface area contributed by atoms with Crippen molar-refractivity contribution in [3.63, 3.8) is 0 Å². The van der Waals surface area contributed by atoms with Crippen LogP contribution in [0.3, 0.4) is 0 Å². The molecule has 1 amide bonds. The number of methoxy groups -OCH3 is 1. The van der Waals surface area contributed by atoms with Gasteiger partial charge in [-0.2, -0.15) is 0 Å². The Kier molecular flexibility index (Phi) is 5.59. The molecule has 0 spiro atoms. The molecule has 0 saturated carbocycles. The summed E-state index contributed by atoms with van der Waals surface area (Å²) in [5.74, 6) is 0.868. The number of nitrogens with zero attached hydrogens (tertiary/aromatic N) is 1. The number of rotatable bonds is 5. The third-order valence-corrected chi connectivity index (χ3v) is 3.73. The molecule has 0 bridgehead atoms. The van der Waals surface area contributed by atoms with Crippen molar-refractivity contribution in [1.82, 2.24) is 10.2 Å². The number of amides is 1. The molecule has 1 saturated heterocycles. The smallest absolute Gasteiger partial charge is 0.234 e. The molecule has 1 fully saturated rings. The van der Waals surface area contributed by atoms with Crippen LogP contribution in [0.25, 0.3) is 0 Å². The van der Waals surface area contributed by atoms with E-state index in [9.17, 15) is 4.79 Å². The second kappa shape index (κ2) is 7.43. The number of carbonyl (C=O) groups excluding carboxylic acids is 1. The molecule has 1 aromatic carbocycles. The number of hydrogen-bond acceptors (Lipinski definition) is 4. The van der Waals surface area contributed by atoms with Crippen molar-refractivity contribution in [2.45, 2.75) is 32.5 Å². The zero-order valence-electron chi connectivity index (χ0n) is 13.0. The standard InChI is InChI=1S/C16H24N2O3/c1-12-11-21-13(2)9-18(12)10-16(19)17-8-14-4-6-15(20-3)7-5-14/h4-7,12-13H,8-11H2,1-3H3,(H,17,19).